The quantitative estimate of drug-likeness (QED) is 0.793. The van der Waals surface area contributed by atoms with Crippen LogP contribution in [0.15, 0.2) is 29.2 Å². The Morgan fingerprint density at radius 1 is 1.47 bits per heavy atom. The largest absolute Gasteiger partial charge is 0.480 e. The van der Waals surface area contributed by atoms with Crippen molar-refractivity contribution in [3.63, 3.8) is 0 Å². The zero-order valence-electron chi connectivity index (χ0n) is 10.2. The van der Waals surface area contributed by atoms with Crippen LogP contribution in [0, 0.1) is 5.82 Å². The van der Waals surface area contributed by atoms with E-state index in [0.717, 1.165) is 12.1 Å². The molecule has 0 bridgehead atoms. The molecular formula is C11H14FNO4S2. The van der Waals surface area contributed by atoms with Crippen molar-refractivity contribution in [3.8, 4) is 0 Å². The van der Waals surface area contributed by atoms with Crippen LogP contribution >= 0.6 is 11.8 Å². The Kier molecular flexibility index (Phi) is 5.77. The summed E-state index contributed by atoms with van der Waals surface area (Å²) >= 11 is 1.40. The van der Waals surface area contributed by atoms with Gasteiger partial charge in [0.15, 0.2) is 0 Å². The highest BCUT2D eigenvalue weighted by Crippen LogP contribution is 2.14. The summed E-state index contributed by atoms with van der Waals surface area (Å²) in [5, 5.41) is 8.95. The van der Waals surface area contributed by atoms with Crippen LogP contribution in [0.2, 0.25) is 0 Å². The fourth-order valence-corrected chi connectivity index (χ4v) is 3.16. The molecule has 0 unspecified atom stereocenters. The lowest BCUT2D eigenvalue weighted by atomic mass is 10.2. The third-order valence-electron chi connectivity index (χ3n) is 2.33. The fourth-order valence-electron chi connectivity index (χ4n) is 1.38. The van der Waals surface area contributed by atoms with E-state index < -0.39 is 32.7 Å². The highest BCUT2D eigenvalue weighted by Gasteiger charge is 2.26. The number of sulfonamides is 1. The molecule has 0 amide bonds. The van der Waals surface area contributed by atoms with Gasteiger partial charge in [-0.2, -0.15) is 16.5 Å². The number of carboxylic acid groups (broad SMARTS) is 1. The zero-order valence-corrected chi connectivity index (χ0v) is 11.8. The van der Waals surface area contributed by atoms with Gasteiger partial charge in [-0.15, -0.1) is 0 Å². The summed E-state index contributed by atoms with van der Waals surface area (Å²) < 4.78 is 39.2. The number of carbonyl (C=O) groups is 1. The minimum atomic E-state index is -4.18. The standard InChI is InChI=1S/C11H14FNO4S2/c1-18-7-6-9(11(14)15)13-19(16,17)10-5-3-2-4-8(10)12/h2-5,9,13H,6-7H2,1H3,(H,14,15)/t9-/m0/s1. The Hall–Kier alpha value is -1.12. The Bertz CT molecular complexity index is 547. The molecule has 2 N–H and O–H groups in total. The van der Waals surface area contributed by atoms with E-state index in [1.807, 2.05) is 4.72 Å². The van der Waals surface area contributed by atoms with Crippen LogP contribution < -0.4 is 4.72 Å². The van der Waals surface area contributed by atoms with Gasteiger partial charge >= 0.3 is 5.97 Å². The molecule has 0 saturated carbocycles. The number of hydrogen-bond donors (Lipinski definition) is 2. The van der Waals surface area contributed by atoms with Crippen molar-refractivity contribution in [2.75, 3.05) is 12.0 Å². The second-order valence-electron chi connectivity index (χ2n) is 3.72. The predicted octanol–water partition coefficient (Wildman–Crippen LogP) is 1.31. The molecule has 1 aromatic carbocycles. The predicted molar refractivity (Wildman–Crippen MR) is 71.1 cm³/mol. The average Bonchev–Trinajstić information content (AvgIpc) is 2.34. The third-order valence-corrected chi connectivity index (χ3v) is 4.48. The highest BCUT2D eigenvalue weighted by molar-refractivity contribution is 7.98. The molecule has 1 rings (SSSR count). The lowest BCUT2D eigenvalue weighted by Crippen LogP contribution is -2.41. The van der Waals surface area contributed by atoms with Crippen LogP contribution in [-0.4, -0.2) is 37.5 Å². The van der Waals surface area contributed by atoms with Crippen LogP contribution in [0.3, 0.4) is 0 Å². The van der Waals surface area contributed by atoms with E-state index >= 15 is 0 Å². The maximum absolute atomic E-state index is 13.4. The van der Waals surface area contributed by atoms with Gasteiger partial charge in [0.2, 0.25) is 10.0 Å². The number of rotatable bonds is 7. The normalized spacial score (nSPS) is 13.2. The van der Waals surface area contributed by atoms with Gasteiger partial charge in [0.25, 0.3) is 0 Å². The van der Waals surface area contributed by atoms with Crippen molar-refractivity contribution in [1.29, 1.82) is 0 Å². The van der Waals surface area contributed by atoms with Gasteiger partial charge in [-0.3, -0.25) is 4.79 Å². The summed E-state index contributed by atoms with van der Waals surface area (Å²) in [6.45, 7) is 0. The first-order valence-electron chi connectivity index (χ1n) is 5.37. The van der Waals surface area contributed by atoms with Crippen LogP contribution in [0.25, 0.3) is 0 Å². The molecule has 0 aromatic heterocycles. The molecule has 0 aliphatic carbocycles. The maximum atomic E-state index is 13.4. The lowest BCUT2D eigenvalue weighted by molar-refractivity contribution is -0.139. The summed E-state index contributed by atoms with van der Waals surface area (Å²) in [6.07, 6.45) is 1.91. The van der Waals surface area contributed by atoms with E-state index in [9.17, 15) is 17.6 Å². The average molecular weight is 307 g/mol. The summed E-state index contributed by atoms with van der Waals surface area (Å²) in [4.78, 5) is 10.4. The molecule has 0 spiro atoms. The molecule has 8 heteroatoms. The summed E-state index contributed by atoms with van der Waals surface area (Å²) in [5.41, 5.74) is 0. The molecule has 0 heterocycles. The van der Waals surface area contributed by atoms with Gasteiger partial charge < -0.3 is 5.11 Å². The maximum Gasteiger partial charge on any atom is 0.321 e. The number of aliphatic carboxylic acids is 1. The van der Waals surface area contributed by atoms with Gasteiger partial charge in [-0.05, 0) is 30.6 Å². The molecular weight excluding hydrogens is 293 g/mol. The van der Waals surface area contributed by atoms with Gasteiger partial charge in [-0.1, -0.05) is 12.1 Å². The molecule has 1 atom stereocenters. The first-order chi connectivity index (χ1) is 8.88. The smallest absolute Gasteiger partial charge is 0.321 e. The number of thioether (sulfide) groups is 1. The number of nitrogens with one attached hydrogen (secondary N) is 1. The van der Waals surface area contributed by atoms with Crippen LogP contribution in [0.5, 0.6) is 0 Å². The number of hydrogen-bond acceptors (Lipinski definition) is 4. The van der Waals surface area contributed by atoms with Crippen molar-refractivity contribution >= 4 is 27.8 Å². The van der Waals surface area contributed by atoms with Gasteiger partial charge in [-0.25, -0.2) is 12.8 Å². The fraction of sp³-hybridized carbons (Fsp3) is 0.364. The van der Waals surface area contributed by atoms with Crippen molar-refractivity contribution < 1.29 is 22.7 Å². The van der Waals surface area contributed by atoms with Gasteiger partial charge in [0, 0.05) is 0 Å². The summed E-state index contributed by atoms with van der Waals surface area (Å²) in [6, 6.07) is 3.56. The van der Waals surface area contributed by atoms with E-state index in [2.05, 4.69) is 0 Å². The minimum absolute atomic E-state index is 0.129. The van der Waals surface area contributed by atoms with Gasteiger partial charge in [0.1, 0.15) is 16.8 Å². The molecule has 0 radical (unpaired) electrons. The summed E-state index contributed by atoms with van der Waals surface area (Å²) in [5.74, 6) is -1.71. The van der Waals surface area contributed by atoms with Crippen molar-refractivity contribution in [1.82, 2.24) is 4.72 Å². The van der Waals surface area contributed by atoms with Crippen molar-refractivity contribution in [2.45, 2.75) is 17.4 Å². The Balaban J connectivity index is 2.95. The number of carboxylic acids is 1. The van der Waals surface area contributed by atoms with E-state index in [4.69, 9.17) is 5.11 Å². The van der Waals surface area contributed by atoms with E-state index in [0.29, 0.717) is 5.75 Å². The SMILES string of the molecule is CSCC[C@H](NS(=O)(=O)c1ccccc1F)C(=O)O. The first-order valence-corrected chi connectivity index (χ1v) is 8.25. The highest BCUT2D eigenvalue weighted by atomic mass is 32.2. The van der Waals surface area contributed by atoms with Crippen LogP contribution in [-0.2, 0) is 14.8 Å². The van der Waals surface area contributed by atoms with Gasteiger partial charge in [0.05, 0.1) is 0 Å². The number of benzene rings is 1. The number of halogens is 1. The lowest BCUT2D eigenvalue weighted by Gasteiger charge is -2.14. The molecule has 19 heavy (non-hydrogen) atoms. The molecule has 1 aromatic rings. The molecule has 5 nitrogen and oxygen atoms in total. The first kappa shape index (κ1) is 15.9. The van der Waals surface area contributed by atoms with E-state index in [1.54, 1.807) is 6.26 Å². The topological polar surface area (TPSA) is 83.5 Å². The Morgan fingerprint density at radius 3 is 2.63 bits per heavy atom. The second-order valence-corrected chi connectivity index (χ2v) is 6.39. The van der Waals surface area contributed by atoms with E-state index in [1.165, 1.54) is 23.9 Å². The Labute approximate surface area is 115 Å². The second kappa shape index (κ2) is 6.88. The van der Waals surface area contributed by atoms with E-state index in [-0.39, 0.29) is 6.42 Å². The zero-order chi connectivity index (χ0) is 14.5. The summed E-state index contributed by atoms with van der Waals surface area (Å²) in [7, 11) is -4.18. The third kappa shape index (κ3) is 4.48. The molecule has 0 aliphatic heterocycles. The monoisotopic (exact) mass is 307 g/mol. The molecule has 106 valence electrons. The van der Waals surface area contributed by atoms with Crippen molar-refractivity contribution in [3.05, 3.63) is 30.1 Å². The molecule has 0 fully saturated rings. The Morgan fingerprint density at radius 2 is 2.11 bits per heavy atom. The molecule has 0 aliphatic rings. The van der Waals surface area contributed by atoms with Crippen molar-refractivity contribution in [2.24, 2.45) is 0 Å². The minimum Gasteiger partial charge on any atom is -0.480 e. The molecule has 0 saturated heterocycles. The van der Waals surface area contributed by atoms with Crippen LogP contribution in [0.1, 0.15) is 6.42 Å². The van der Waals surface area contributed by atoms with Crippen LogP contribution in [0.4, 0.5) is 4.39 Å².